The molecule has 1 aliphatic rings. The van der Waals surface area contributed by atoms with E-state index in [1.54, 1.807) is 40.1 Å². The summed E-state index contributed by atoms with van der Waals surface area (Å²) < 4.78 is 17.5. The van der Waals surface area contributed by atoms with Crippen LogP contribution in [-0.2, 0) is 0 Å². The number of amides is 1. The first-order valence-corrected chi connectivity index (χ1v) is 8.59. The second kappa shape index (κ2) is 6.76. The molecule has 1 aliphatic heterocycles. The summed E-state index contributed by atoms with van der Waals surface area (Å²) in [7, 11) is 0. The molecule has 0 atom stereocenters. The van der Waals surface area contributed by atoms with Crippen molar-refractivity contribution in [2.24, 2.45) is 0 Å². The lowest BCUT2D eigenvalue weighted by molar-refractivity contribution is 0.0546. The van der Waals surface area contributed by atoms with E-state index in [4.69, 9.17) is 0 Å². The van der Waals surface area contributed by atoms with Gasteiger partial charge in [0.2, 0.25) is 0 Å². The highest BCUT2D eigenvalue weighted by Crippen LogP contribution is 2.24. The van der Waals surface area contributed by atoms with E-state index in [2.05, 4.69) is 5.10 Å². The summed E-state index contributed by atoms with van der Waals surface area (Å²) in [6.45, 7) is 0.992. The van der Waals surface area contributed by atoms with E-state index in [1.165, 1.54) is 16.9 Å². The van der Waals surface area contributed by atoms with E-state index in [9.17, 15) is 14.3 Å². The van der Waals surface area contributed by atoms with E-state index in [0.29, 0.717) is 37.3 Å². The molecular weight excluding hydrogens is 335 g/mol. The first kappa shape index (κ1) is 16.5. The number of aliphatic hydroxyl groups is 1. The second-order valence-corrected chi connectivity index (χ2v) is 6.36. The predicted octanol–water partition coefficient (Wildman–Crippen LogP) is 2.40. The molecule has 0 unspecified atom stereocenters. The molecule has 1 aromatic carbocycles. The van der Waals surface area contributed by atoms with Crippen LogP contribution in [0.15, 0.2) is 55.0 Å². The molecule has 134 valence electrons. The van der Waals surface area contributed by atoms with Crippen LogP contribution in [0.2, 0.25) is 0 Å². The van der Waals surface area contributed by atoms with Crippen molar-refractivity contribution < 1.29 is 14.3 Å². The molecule has 6 nitrogen and oxygen atoms in total. The quantitative estimate of drug-likeness (QED) is 0.786. The third-order valence-electron chi connectivity index (χ3n) is 4.66. The van der Waals surface area contributed by atoms with Gasteiger partial charge >= 0.3 is 0 Å². The average molecular weight is 354 g/mol. The molecule has 7 heteroatoms. The fraction of sp³-hybridized carbons (Fsp3) is 0.263. The molecule has 0 radical (unpaired) electrons. The maximum atomic E-state index is 14.3. The van der Waals surface area contributed by atoms with Crippen molar-refractivity contribution in [3.8, 4) is 11.5 Å². The SMILES string of the molecule is O=C(c1cnn(-c2ccccc2F)c1-n1cccc1)N1CCC(O)CC1. The molecule has 0 spiro atoms. The molecule has 1 N–H and O–H groups in total. The number of likely N-dealkylation sites (tertiary alicyclic amines) is 1. The molecular formula is C19H19FN4O2. The summed E-state index contributed by atoms with van der Waals surface area (Å²) in [5, 5.41) is 14.0. The number of aromatic nitrogens is 3. The van der Waals surface area contributed by atoms with E-state index < -0.39 is 5.82 Å². The number of carbonyl (C=O) groups excluding carboxylic acids is 1. The topological polar surface area (TPSA) is 63.3 Å². The normalized spacial score (nSPS) is 15.4. The van der Waals surface area contributed by atoms with E-state index in [1.807, 2.05) is 12.1 Å². The Morgan fingerprint density at radius 2 is 1.81 bits per heavy atom. The lowest BCUT2D eigenvalue weighted by Gasteiger charge is -2.29. The largest absolute Gasteiger partial charge is 0.393 e. The maximum absolute atomic E-state index is 14.3. The summed E-state index contributed by atoms with van der Waals surface area (Å²) >= 11 is 0. The number of para-hydroxylation sites is 1. The van der Waals surface area contributed by atoms with Gasteiger partial charge in [0.25, 0.3) is 5.91 Å². The van der Waals surface area contributed by atoms with Gasteiger partial charge in [0.05, 0.1) is 12.3 Å². The van der Waals surface area contributed by atoms with Gasteiger partial charge in [-0.1, -0.05) is 12.1 Å². The van der Waals surface area contributed by atoms with Crippen LogP contribution in [0.4, 0.5) is 4.39 Å². The van der Waals surface area contributed by atoms with E-state index >= 15 is 0 Å². The Hall–Kier alpha value is -2.93. The van der Waals surface area contributed by atoms with Crippen LogP contribution in [0, 0.1) is 5.82 Å². The average Bonchev–Trinajstić information content (AvgIpc) is 3.31. The van der Waals surface area contributed by atoms with Gasteiger partial charge in [-0.05, 0) is 37.1 Å². The zero-order valence-electron chi connectivity index (χ0n) is 14.1. The van der Waals surface area contributed by atoms with Crippen molar-refractivity contribution in [1.29, 1.82) is 0 Å². The minimum Gasteiger partial charge on any atom is -0.393 e. The van der Waals surface area contributed by atoms with Crippen LogP contribution in [0.5, 0.6) is 0 Å². The van der Waals surface area contributed by atoms with Crippen molar-refractivity contribution in [2.75, 3.05) is 13.1 Å². The van der Waals surface area contributed by atoms with E-state index in [0.717, 1.165) is 0 Å². The summed E-state index contributed by atoms with van der Waals surface area (Å²) in [4.78, 5) is 14.7. The third-order valence-corrected chi connectivity index (χ3v) is 4.66. The molecule has 0 bridgehead atoms. The Kier molecular flexibility index (Phi) is 4.30. The number of carbonyl (C=O) groups is 1. The van der Waals surface area contributed by atoms with Gasteiger partial charge in [-0.2, -0.15) is 5.10 Å². The fourth-order valence-electron chi connectivity index (χ4n) is 3.26. The minimum atomic E-state index is -0.413. The van der Waals surface area contributed by atoms with Crippen molar-refractivity contribution in [3.63, 3.8) is 0 Å². The van der Waals surface area contributed by atoms with Gasteiger partial charge in [-0.3, -0.25) is 4.79 Å². The summed E-state index contributed by atoms with van der Waals surface area (Å²) in [5.41, 5.74) is 0.685. The lowest BCUT2D eigenvalue weighted by Crippen LogP contribution is -2.40. The van der Waals surface area contributed by atoms with Crippen molar-refractivity contribution in [3.05, 3.63) is 66.4 Å². The number of hydrogen-bond donors (Lipinski definition) is 1. The van der Waals surface area contributed by atoms with Crippen LogP contribution >= 0.6 is 0 Å². The van der Waals surface area contributed by atoms with Gasteiger partial charge in [-0.25, -0.2) is 9.07 Å². The molecule has 1 fully saturated rings. The Labute approximate surface area is 150 Å². The second-order valence-electron chi connectivity index (χ2n) is 6.36. The molecule has 3 heterocycles. The molecule has 2 aromatic heterocycles. The summed E-state index contributed by atoms with van der Waals surface area (Å²) in [6.07, 6.45) is 5.84. The molecule has 3 aromatic rings. The first-order chi connectivity index (χ1) is 12.6. The number of nitrogens with zero attached hydrogens (tertiary/aromatic N) is 4. The molecule has 1 amide bonds. The van der Waals surface area contributed by atoms with Crippen molar-refractivity contribution in [1.82, 2.24) is 19.2 Å². The molecule has 0 saturated carbocycles. The number of piperidine rings is 1. The zero-order chi connectivity index (χ0) is 18.1. The smallest absolute Gasteiger partial charge is 0.259 e. The van der Waals surface area contributed by atoms with Gasteiger partial charge in [-0.15, -0.1) is 0 Å². The minimum absolute atomic E-state index is 0.164. The highest BCUT2D eigenvalue weighted by molar-refractivity contribution is 5.97. The van der Waals surface area contributed by atoms with Crippen molar-refractivity contribution in [2.45, 2.75) is 18.9 Å². The summed E-state index contributed by atoms with van der Waals surface area (Å²) in [5.74, 6) is -0.0801. The maximum Gasteiger partial charge on any atom is 0.259 e. The third kappa shape index (κ3) is 2.90. The van der Waals surface area contributed by atoms with Gasteiger partial charge in [0, 0.05) is 25.5 Å². The summed E-state index contributed by atoms with van der Waals surface area (Å²) in [6, 6.07) is 10.0. The fourth-order valence-corrected chi connectivity index (χ4v) is 3.26. The molecule has 26 heavy (non-hydrogen) atoms. The molecule has 0 aliphatic carbocycles. The number of halogens is 1. The molecule has 4 rings (SSSR count). The Bertz CT molecular complexity index is 912. The predicted molar refractivity (Wildman–Crippen MR) is 94.0 cm³/mol. The van der Waals surface area contributed by atoms with Crippen LogP contribution in [0.1, 0.15) is 23.2 Å². The molecule has 1 saturated heterocycles. The van der Waals surface area contributed by atoms with Crippen LogP contribution < -0.4 is 0 Å². The van der Waals surface area contributed by atoms with Gasteiger partial charge in [0.15, 0.2) is 5.82 Å². The van der Waals surface area contributed by atoms with Crippen LogP contribution in [0.25, 0.3) is 11.5 Å². The monoisotopic (exact) mass is 354 g/mol. The highest BCUT2D eigenvalue weighted by atomic mass is 19.1. The number of hydrogen-bond acceptors (Lipinski definition) is 3. The van der Waals surface area contributed by atoms with Crippen LogP contribution in [-0.4, -0.2) is 49.5 Å². The number of benzene rings is 1. The highest BCUT2D eigenvalue weighted by Gasteiger charge is 2.27. The van der Waals surface area contributed by atoms with Gasteiger partial charge in [0.1, 0.15) is 17.1 Å². The first-order valence-electron chi connectivity index (χ1n) is 8.59. The van der Waals surface area contributed by atoms with Crippen molar-refractivity contribution >= 4 is 5.91 Å². The Morgan fingerprint density at radius 3 is 2.50 bits per heavy atom. The van der Waals surface area contributed by atoms with Crippen LogP contribution in [0.3, 0.4) is 0 Å². The Balaban J connectivity index is 1.79. The Morgan fingerprint density at radius 1 is 1.12 bits per heavy atom. The number of rotatable bonds is 3. The standard InChI is InChI=1S/C19H19FN4O2/c20-16-5-1-2-6-17(16)24-18(22-9-3-4-10-22)15(13-21-24)19(26)23-11-7-14(25)8-12-23/h1-6,9-10,13-14,25H,7-8,11-12H2. The zero-order valence-corrected chi connectivity index (χ0v) is 14.1. The van der Waals surface area contributed by atoms with Gasteiger partial charge < -0.3 is 14.6 Å². The van der Waals surface area contributed by atoms with E-state index in [-0.39, 0.29) is 17.7 Å². The number of aliphatic hydroxyl groups excluding tert-OH is 1. The lowest BCUT2D eigenvalue weighted by atomic mass is 10.1.